The Morgan fingerprint density at radius 3 is 2.76 bits per heavy atom. The zero-order chi connectivity index (χ0) is 15.2. The lowest BCUT2D eigenvalue weighted by atomic mass is 10.2. The molecule has 0 bridgehead atoms. The van der Waals surface area contributed by atoms with Gasteiger partial charge in [-0.1, -0.05) is 6.92 Å². The number of aromatic nitrogens is 3. The summed E-state index contributed by atoms with van der Waals surface area (Å²) in [5, 5.41) is 11.3. The number of aromatic amines is 1. The Bertz CT molecular complexity index is 691. The number of benzene rings is 1. The minimum Gasteiger partial charge on any atom is -0.493 e. The predicted octanol–water partition coefficient (Wildman–Crippen LogP) is 2.79. The van der Waals surface area contributed by atoms with E-state index in [0.29, 0.717) is 16.3 Å². The van der Waals surface area contributed by atoms with Crippen molar-refractivity contribution in [2.75, 3.05) is 14.2 Å². The third-order valence-corrected chi connectivity index (χ3v) is 3.19. The second-order valence-corrected chi connectivity index (χ2v) is 4.75. The van der Waals surface area contributed by atoms with Gasteiger partial charge in [-0.3, -0.25) is 5.10 Å². The Balaban J connectivity index is 2.29. The van der Waals surface area contributed by atoms with Crippen LogP contribution in [0.1, 0.15) is 24.7 Å². The minimum atomic E-state index is 0.482. The van der Waals surface area contributed by atoms with E-state index in [2.05, 4.69) is 22.2 Å². The first-order chi connectivity index (χ1) is 10.2. The van der Waals surface area contributed by atoms with Crippen molar-refractivity contribution in [2.45, 2.75) is 19.8 Å². The van der Waals surface area contributed by atoms with E-state index in [9.17, 15) is 0 Å². The molecule has 2 aromatic rings. The van der Waals surface area contributed by atoms with E-state index < -0.39 is 0 Å². The van der Waals surface area contributed by atoms with E-state index in [4.69, 9.17) is 21.7 Å². The molecule has 0 saturated carbocycles. The van der Waals surface area contributed by atoms with Crippen LogP contribution in [0, 0.1) is 4.77 Å². The summed E-state index contributed by atoms with van der Waals surface area (Å²) in [4.78, 5) is 0. The molecule has 1 heterocycles. The molecule has 2 rings (SSSR count). The maximum Gasteiger partial charge on any atom is 0.216 e. The molecule has 1 aromatic heterocycles. The highest BCUT2D eigenvalue weighted by atomic mass is 32.1. The number of nitrogens with one attached hydrogen (secondary N) is 1. The van der Waals surface area contributed by atoms with E-state index >= 15 is 0 Å². The minimum absolute atomic E-state index is 0.482. The van der Waals surface area contributed by atoms with Crippen LogP contribution < -0.4 is 9.47 Å². The smallest absolute Gasteiger partial charge is 0.216 e. The van der Waals surface area contributed by atoms with Gasteiger partial charge in [0.15, 0.2) is 17.3 Å². The van der Waals surface area contributed by atoms with E-state index in [1.807, 2.05) is 18.2 Å². The van der Waals surface area contributed by atoms with Gasteiger partial charge in [0.1, 0.15) is 0 Å². The molecule has 0 radical (unpaired) electrons. The molecule has 6 nitrogen and oxygen atoms in total. The average molecular weight is 306 g/mol. The highest BCUT2D eigenvalue weighted by Gasteiger charge is 2.05. The first-order valence-corrected chi connectivity index (χ1v) is 7.03. The number of aryl methyl sites for hydroxylation is 1. The summed E-state index contributed by atoms with van der Waals surface area (Å²) < 4.78 is 12.6. The number of hydrogen-bond acceptors (Lipinski definition) is 5. The highest BCUT2D eigenvalue weighted by Crippen LogP contribution is 2.26. The molecule has 0 amide bonds. The van der Waals surface area contributed by atoms with Gasteiger partial charge in [-0.2, -0.15) is 14.9 Å². The normalized spacial score (nSPS) is 11.0. The van der Waals surface area contributed by atoms with Crippen LogP contribution in [0.3, 0.4) is 0 Å². The second kappa shape index (κ2) is 7.03. The van der Waals surface area contributed by atoms with Gasteiger partial charge >= 0.3 is 0 Å². The van der Waals surface area contributed by atoms with Crippen LogP contribution in [0.5, 0.6) is 11.5 Å². The standard InChI is InChI=1S/C14H18N4O2S/c1-4-5-13-16-17-14(21)18(13)15-9-10-6-7-11(19-2)12(8-10)20-3/h6-9H,4-5H2,1-3H3,(H,17,21)/b15-9+. The molecule has 0 aliphatic rings. The fourth-order valence-electron chi connectivity index (χ4n) is 1.89. The van der Waals surface area contributed by atoms with Gasteiger partial charge in [0.05, 0.1) is 20.4 Å². The lowest BCUT2D eigenvalue weighted by Gasteiger charge is -2.07. The molecule has 7 heteroatoms. The molecule has 0 aliphatic carbocycles. The van der Waals surface area contributed by atoms with Gasteiger partial charge in [0.25, 0.3) is 0 Å². The van der Waals surface area contributed by atoms with Crippen LogP contribution in [-0.2, 0) is 6.42 Å². The molecule has 0 unspecified atom stereocenters. The monoisotopic (exact) mass is 306 g/mol. The molecule has 0 atom stereocenters. The van der Waals surface area contributed by atoms with E-state index in [1.165, 1.54) is 0 Å². The quantitative estimate of drug-likeness (QED) is 0.658. The molecule has 0 aliphatic heterocycles. The van der Waals surface area contributed by atoms with Gasteiger partial charge in [-0.15, -0.1) is 0 Å². The molecule has 112 valence electrons. The van der Waals surface area contributed by atoms with Crippen molar-refractivity contribution in [2.24, 2.45) is 5.10 Å². The Morgan fingerprint density at radius 1 is 1.33 bits per heavy atom. The maximum absolute atomic E-state index is 5.27. The van der Waals surface area contributed by atoms with Crippen molar-refractivity contribution < 1.29 is 9.47 Å². The number of H-pyrrole nitrogens is 1. The zero-order valence-electron chi connectivity index (χ0n) is 12.3. The third kappa shape index (κ3) is 3.49. The van der Waals surface area contributed by atoms with Crippen molar-refractivity contribution >= 4 is 18.4 Å². The number of rotatable bonds is 6. The van der Waals surface area contributed by atoms with Gasteiger partial charge < -0.3 is 9.47 Å². The van der Waals surface area contributed by atoms with Crippen molar-refractivity contribution in [1.82, 2.24) is 14.9 Å². The van der Waals surface area contributed by atoms with Crippen LogP contribution >= 0.6 is 12.2 Å². The van der Waals surface area contributed by atoms with Crippen molar-refractivity contribution in [3.63, 3.8) is 0 Å². The number of ether oxygens (including phenoxy) is 2. The molecule has 0 saturated heterocycles. The number of hydrogen-bond donors (Lipinski definition) is 1. The van der Waals surface area contributed by atoms with Gasteiger partial charge in [-0.05, 0) is 42.4 Å². The Hall–Kier alpha value is -2.15. The Kier molecular flexibility index (Phi) is 5.10. The van der Waals surface area contributed by atoms with Crippen LogP contribution in [0.4, 0.5) is 0 Å². The fourth-order valence-corrected chi connectivity index (χ4v) is 2.08. The van der Waals surface area contributed by atoms with E-state index in [0.717, 1.165) is 24.2 Å². The summed E-state index contributed by atoms with van der Waals surface area (Å²) in [6.07, 6.45) is 3.51. The lowest BCUT2D eigenvalue weighted by molar-refractivity contribution is 0.355. The van der Waals surface area contributed by atoms with Gasteiger partial charge in [0.2, 0.25) is 4.77 Å². The van der Waals surface area contributed by atoms with Crippen LogP contribution in [-0.4, -0.2) is 35.3 Å². The van der Waals surface area contributed by atoms with Gasteiger partial charge in [-0.25, -0.2) is 0 Å². The molecule has 0 fully saturated rings. The second-order valence-electron chi connectivity index (χ2n) is 4.37. The van der Waals surface area contributed by atoms with E-state index in [-0.39, 0.29) is 0 Å². The molecule has 0 spiro atoms. The molecular weight excluding hydrogens is 288 g/mol. The first-order valence-electron chi connectivity index (χ1n) is 6.62. The summed E-state index contributed by atoms with van der Waals surface area (Å²) in [7, 11) is 3.21. The van der Waals surface area contributed by atoms with Crippen LogP contribution in [0.25, 0.3) is 0 Å². The SMILES string of the molecule is CCCc1n[nH]c(=S)n1/N=C/c1ccc(OC)c(OC)c1. The zero-order valence-corrected chi connectivity index (χ0v) is 13.1. The molecule has 1 N–H and O–H groups in total. The number of methoxy groups -OCH3 is 2. The van der Waals surface area contributed by atoms with Crippen molar-refractivity contribution in [3.05, 3.63) is 34.4 Å². The molecule has 21 heavy (non-hydrogen) atoms. The molecular formula is C14H18N4O2S. The summed E-state index contributed by atoms with van der Waals surface area (Å²) in [5.74, 6) is 2.16. The Morgan fingerprint density at radius 2 is 2.10 bits per heavy atom. The summed E-state index contributed by atoms with van der Waals surface area (Å²) >= 11 is 5.18. The third-order valence-electron chi connectivity index (χ3n) is 2.92. The highest BCUT2D eigenvalue weighted by molar-refractivity contribution is 7.71. The Labute approximate surface area is 128 Å². The summed E-state index contributed by atoms with van der Waals surface area (Å²) in [6.45, 7) is 2.08. The van der Waals surface area contributed by atoms with E-state index in [1.54, 1.807) is 25.1 Å². The fraction of sp³-hybridized carbons (Fsp3) is 0.357. The lowest BCUT2D eigenvalue weighted by Crippen LogP contribution is -1.99. The van der Waals surface area contributed by atoms with Crippen LogP contribution in [0.15, 0.2) is 23.3 Å². The first kappa shape index (κ1) is 15.2. The van der Waals surface area contributed by atoms with Crippen LogP contribution in [0.2, 0.25) is 0 Å². The van der Waals surface area contributed by atoms with Gasteiger partial charge in [0, 0.05) is 6.42 Å². The summed E-state index contributed by atoms with van der Waals surface area (Å²) in [5.41, 5.74) is 0.887. The number of nitrogens with zero attached hydrogens (tertiary/aromatic N) is 3. The largest absolute Gasteiger partial charge is 0.493 e. The van der Waals surface area contributed by atoms with Crippen molar-refractivity contribution in [3.8, 4) is 11.5 Å². The summed E-state index contributed by atoms with van der Waals surface area (Å²) in [6, 6.07) is 5.58. The maximum atomic E-state index is 5.27. The average Bonchev–Trinajstić information content (AvgIpc) is 2.85. The van der Waals surface area contributed by atoms with Crippen molar-refractivity contribution in [1.29, 1.82) is 0 Å². The topological polar surface area (TPSA) is 64.4 Å². The predicted molar refractivity (Wildman–Crippen MR) is 83.9 cm³/mol. The molecule has 1 aromatic carbocycles.